The zero-order chi connectivity index (χ0) is 17.6. The van der Waals surface area contributed by atoms with Crippen molar-refractivity contribution in [2.75, 3.05) is 5.32 Å². The van der Waals surface area contributed by atoms with Crippen LogP contribution in [0.25, 0.3) is 10.8 Å². The number of fused-ring (bicyclic) bond motifs is 3. The van der Waals surface area contributed by atoms with Crippen LogP contribution in [0, 0.1) is 5.92 Å². The maximum Gasteiger partial charge on any atom is 0.313 e. The van der Waals surface area contributed by atoms with Crippen molar-refractivity contribution in [1.29, 1.82) is 0 Å². The summed E-state index contributed by atoms with van der Waals surface area (Å²) in [6, 6.07) is 12.9. The first kappa shape index (κ1) is 15.3. The SMILES string of the molecule is O=C(Nc1cccc2ccccc12)C(=O)NC12CC(C1)C(=O)NC2=O. The largest absolute Gasteiger partial charge is 0.333 e. The van der Waals surface area contributed by atoms with E-state index in [0.717, 1.165) is 10.8 Å². The van der Waals surface area contributed by atoms with Crippen molar-refractivity contribution < 1.29 is 19.2 Å². The lowest BCUT2D eigenvalue weighted by Crippen LogP contribution is -2.73. The number of benzene rings is 2. The van der Waals surface area contributed by atoms with Gasteiger partial charge in [-0.1, -0.05) is 36.4 Å². The van der Waals surface area contributed by atoms with Gasteiger partial charge in [0, 0.05) is 17.0 Å². The van der Waals surface area contributed by atoms with Crippen LogP contribution in [0.4, 0.5) is 5.69 Å². The van der Waals surface area contributed by atoms with Crippen LogP contribution in [0.2, 0.25) is 0 Å². The molecule has 7 nitrogen and oxygen atoms in total. The summed E-state index contributed by atoms with van der Waals surface area (Å²) in [5.41, 5.74) is -0.628. The van der Waals surface area contributed by atoms with Gasteiger partial charge in [-0.3, -0.25) is 24.5 Å². The first-order chi connectivity index (χ1) is 12.0. The molecule has 0 spiro atoms. The van der Waals surface area contributed by atoms with Crippen molar-refractivity contribution in [3.05, 3.63) is 42.5 Å². The zero-order valence-electron chi connectivity index (χ0n) is 13.2. The van der Waals surface area contributed by atoms with Crippen LogP contribution in [0.3, 0.4) is 0 Å². The monoisotopic (exact) mass is 337 g/mol. The van der Waals surface area contributed by atoms with E-state index in [9.17, 15) is 19.2 Å². The summed E-state index contributed by atoms with van der Waals surface area (Å²) in [5.74, 6) is -2.89. The molecule has 0 atom stereocenters. The first-order valence-corrected chi connectivity index (χ1v) is 7.95. The molecule has 3 N–H and O–H groups in total. The number of amides is 4. The summed E-state index contributed by atoms with van der Waals surface area (Å²) in [5, 5.41) is 9.03. The van der Waals surface area contributed by atoms with Gasteiger partial charge < -0.3 is 10.6 Å². The Bertz CT molecular complexity index is 926. The van der Waals surface area contributed by atoms with E-state index in [1.54, 1.807) is 12.1 Å². The Morgan fingerprint density at radius 2 is 1.72 bits per heavy atom. The maximum atomic E-state index is 12.2. The summed E-state index contributed by atoms with van der Waals surface area (Å²) in [4.78, 5) is 47.9. The van der Waals surface area contributed by atoms with Crippen molar-refractivity contribution >= 4 is 40.1 Å². The van der Waals surface area contributed by atoms with Crippen molar-refractivity contribution in [3.8, 4) is 0 Å². The Balaban J connectivity index is 1.49. The normalized spacial score (nSPS) is 24.2. The molecule has 7 heteroatoms. The number of carbonyl (C=O) groups is 4. The summed E-state index contributed by atoms with van der Waals surface area (Å²) >= 11 is 0. The average molecular weight is 337 g/mol. The number of carbonyl (C=O) groups excluding carboxylic acids is 4. The predicted octanol–water partition coefficient (Wildman–Crippen LogP) is 0.700. The smallest absolute Gasteiger partial charge is 0.313 e. The van der Waals surface area contributed by atoms with Gasteiger partial charge in [0.25, 0.3) is 5.91 Å². The molecule has 126 valence electrons. The third-order valence-corrected chi connectivity index (χ3v) is 4.83. The number of hydrogen-bond donors (Lipinski definition) is 3. The average Bonchev–Trinajstić information content (AvgIpc) is 2.56. The third-order valence-electron chi connectivity index (χ3n) is 4.83. The topological polar surface area (TPSA) is 104 Å². The number of nitrogens with one attached hydrogen (secondary N) is 3. The van der Waals surface area contributed by atoms with Crippen LogP contribution in [-0.2, 0) is 19.2 Å². The molecule has 1 aliphatic carbocycles. The van der Waals surface area contributed by atoms with Gasteiger partial charge in [0.05, 0.1) is 0 Å². The summed E-state index contributed by atoms with van der Waals surface area (Å²) in [6.45, 7) is 0. The van der Waals surface area contributed by atoms with E-state index in [2.05, 4.69) is 16.0 Å². The Kier molecular flexibility index (Phi) is 3.31. The molecule has 2 saturated heterocycles. The minimum atomic E-state index is -1.15. The van der Waals surface area contributed by atoms with Gasteiger partial charge in [-0.2, -0.15) is 0 Å². The number of anilines is 1. The minimum Gasteiger partial charge on any atom is -0.333 e. The molecule has 2 aromatic carbocycles. The van der Waals surface area contributed by atoms with E-state index in [1.807, 2.05) is 30.3 Å². The Labute approximate surface area is 142 Å². The van der Waals surface area contributed by atoms with Crippen LogP contribution in [0.1, 0.15) is 12.8 Å². The molecule has 3 aliphatic rings. The zero-order valence-corrected chi connectivity index (χ0v) is 13.2. The highest BCUT2D eigenvalue weighted by Crippen LogP contribution is 2.41. The van der Waals surface area contributed by atoms with Gasteiger partial charge >= 0.3 is 11.8 Å². The van der Waals surface area contributed by atoms with Crippen LogP contribution in [0.15, 0.2) is 42.5 Å². The van der Waals surface area contributed by atoms with E-state index in [1.165, 1.54) is 0 Å². The highest BCUT2D eigenvalue weighted by Gasteiger charge is 2.58. The molecular formula is C18H15N3O4. The molecular weight excluding hydrogens is 322 g/mol. The number of imide groups is 1. The standard InChI is InChI=1S/C18H15N3O4/c22-14-11-8-18(9-11,17(25)20-14)21-16(24)15(23)19-13-7-3-5-10-4-1-2-6-12(10)13/h1-7,11H,8-9H2,(H,19,23)(H,21,24)(H,20,22,25). The Hall–Kier alpha value is -3.22. The van der Waals surface area contributed by atoms with Gasteiger partial charge in [0.2, 0.25) is 5.91 Å². The molecule has 4 amide bonds. The molecule has 2 bridgehead atoms. The summed E-state index contributed by atoms with van der Waals surface area (Å²) < 4.78 is 0. The molecule has 2 aromatic rings. The molecule has 1 saturated carbocycles. The van der Waals surface area contributed by atoms with Crippen molar-refractivity contribution in [2.24, 2.45) is 5.92 Å². The third kappa shape index (κ3) is 2.44. The van der Waals surface area contributed by atoms with Crippen LogP contribution in [-0.4, -0.2) is 29.2 Å². The molecule has 5 rings (SSSR count). The van der Waals surface area contributed by atoms with Crippen molar-refractivity contribution in [3.63, 3.8) is 0 Å². The molecule has 0 radical (unpaired) electrons. The highest BCUT2D eigenvalue weighted by molar-refractivity contribution is 6.40. The second-order valence-electron chi connectivity index (χ2n) is 6.44. The lowest BCUT2D eigenvalue weighted by Gasteiger charge is -2.49. The fraction of sp³-hybridized carbons (Fsp3) is 0.222. The summed E-state index contributed by atoms with van der Waals surface area (Å²) in [7, 11) is 0. The van der Waals surface area contributed by atoms with Gasteiger partial charge in [-0.25, -0.2) is 0 Å². The molecule has 0 unspecified atom stereocenters. The lowest BCUT2D eigenvalue weighted by molar-refractivity contribution is -0.156. The van der Waals surface area contributed by atoms with Gasteiger partial charge in [-0.15, -0.1) is 0 Å². The quantitative estimate of drug-likeness (QED) is 0.554. The van der Waals surface area contributed by atoms with Crippen molar-refractivity contribution in [2.45, 2.75) is 18.4 Å². The van der Waals surface area contributed by atoms with E-state index in [-0.39, 0.29) is 24.7 Å². The van der Waals surface area contributed by atoms with Gasteiger partial charge in [0.15, 0.2) is 0 Å². The van der Waals surface area contributed by atoms with E-state index in [4.69, 9.17) is 0 Å². The highest BCUT2D eigenvalue weighted by atomic mass is 16.2. The molecule has 25 heavy (non-hydrogen) atoms. The fourth-order valence-corrected chi connectivity index (χ4v) is 3.43. The second kappa shape index (κ2) is 5.41. The maximum absolute atomic E-state index is 12.2. The molecule has 2 aliphatic heterocycles. The van der Waals surface area contributed by atoms with Crippen LogP contribution >= 0.6 is 0 Å². The molecule has 0 aromatic heterocycles. The molecule has 3 fully saturated rings. The number of hydrogen-bond acceptors (Lipinski definition) is 4. The van der Waals surface area contributed by atoms with Crippen molar-refractivity contribution in [1.82, 2.24) is 10.6 Å². The fourth-order valence-electron chi connectivity index (χ4n) is 3.43. The van der Waals surface area contributed by atoms with E-state index < -0.39 is 23.3 Å². The number of piperidine rings is 2. The lowest BCUT2D eigenvalue weighted by atomic mass is 9.64. The van der Waals surface area contributed by atoms with E-state index in [0.29, 0.717) is 5.69 Å². The van der Waals surface area contributed by atoms with Crippen LogP contribution in [0.5, 0.6) is 0 Å². The first-order valence-electron chi connectivity index (χ1n) is 7.95. The summed E-state index contributed by atoms with van der Waals surface area (Å²) in [6.07, 6.45) is 0.482. The Morgan fingerprint density at radius 3 is 2.48 bits per heavy atom. The predicted molar refractivity (Wildman–Crippen MR) is 89.3 cm³/mol. The van der Waals surface area contributed by atoms with Gasteiger partial charge in [-0.05, 0) is 24.3 Å². The molecule has 2 heterocycles. The van der Waals surface area contributed by atoms with Gasteiger partial charge in [0.1, 0.15) is 5.54 Å². The van der Waals surface area contributed by atoms with E-state index >= 15 is 0 Å². The number of rotatable bonds is 2. The minimum absolute atomic E-state index is 0.241. The Morgan fingerprint density at radius 1 is 1.00 bits per heavy atom. The van der Waals surface area contributed by atoms with Crippen LogP contribution < -0.4 is 16.0 Å². The second-order valence-corrected chi connectivity index (χ2v) is 6.44.